The molecule has 2 rings (SSSR count). The molecule has 1 aliphatic heterocycles. The number of hydrogen-bond acceptors (Lipinski definition) is 2. The highest BCUT2D eigenvalue weighted by atomic mass is 19.4. The summed E-state index contributed by atoms with van der Waals surface area (Å²) in [7, 11) is 0. The summed E-state index contributed by atoms with van der Waals surface area (Å²) in [6.45, 7) is 7.33. The van der Waals surface area contributed by atoms with Crippen LogP contribution in [0.5, 0.6) is 0 Å². The summed E-state index contributed by atoms with van der Waals surface area (Å²) in [6.07, 6.45) is -4.27. The highest BCUT2D eigenvalue weighted by Crippen LogP contribution is 2.29. The molecule has 1 aromatic carbocycles. The Morgan fingerprint density at radius 1 is 1.32 bits per heavy atom. The normalized spacial score (nSPS) is 20.5. The van der Waals surface area contributed by atoms with Crippen LogP contribution in [0, 0.1) is 0 Å². The Kier molecular flexibility index (Phi) is 3.87. The van der Waals surface area contributed by atoms with E-state index in [9.17, 15) is 13.2 Å². The Morgan fingerprint density at radius 2 is 2.05 bits per heavy atom. The maximum atomic E-state index is 12.6. The molecule has 1 aliphatic rings. The number of halogens is 3. The Hall–Kier alpha value is -1.07. The lowest BCUT2D eigenvalue weighted by molar-refractivity contribution is -0.137. The van der Waals surface area contributed by atoms with Gasteiger partial charge in [0.2, 0.25) is 0 Å². The van der Waals surface area contributed by atoms with Crippen LogP contribution in [0.3, 0.4) is 0 Å². The summed E-state index contributed by atoms with van der Waals surface area (Å²) in [5, 5.41) is 3.39. The number of piperazine rings is 1. The minimum Gasteiger partial charge on any atom is -0.309 e. The van der Waals surface area contributed by atoms with Gasteiger partial charge < -0.3 is 5.32 Å². The first-order valence-electron chi connectivity index (χ1n) is 6.40. The molecule has 0 spiro atoms. The molecule has 1 saturated heterocycles. The zero-order valence-corrected chi connectivity index (χ0v) is 11.2. The first kappa shape index (κ1) is 14.3. The molecule has 0 saturated carbocycles. The number of rotatable bonds is 2. The minimum absolute atomic E-state index is 0.0138. The Bertz CT molecular complexity index is 441. The molecular weight excluding hydrogens is 253 g/mol. The predicted molar refractivity (Wildman–Crippen MR) is 68.8 cm³/mol. The van der Waals surface area contributed by atoms with Gasteiger partial charge in [0.1, 0.15) is 0 Å². The van der Waals surface area contributed by atoms with Gasteiger partial charge in [0.25, 0.3) is 0 Å². The smallest absolute Gasteiger partial charge is 0.309 e. The lowest BCUT2D eigenvalue weighted by atomic mass is 10.0. The summed E-state index contributed by atoms with van der Waals surface area (Å²) in [6, 6.07) is 5.59. The van der Waals surface area contributed by atoms with Gasteiger partial charge in [-0.3, -0.25) is 4.90 Å². The van der Waals surface area contributed by atoms with Gasteiger partial charge in [0.05, 0.1) is 5.56 Å². The fraction of sp³-hybridized carbons (Fsp3) is 0.571. The number of alkyl halides is 3. The van der Waals surface area contributed by atoms with Gasteiger partial charge >= 0.3 is 6.18 Å². The van der Waals surface area contributed by atoms with E-state index in [4.69, 9.17) is 0 Å². The summed E-state index contributed by atoms with van der Waals surface area (Å²) >= 11 is 0. The van der Waals surface area contributed by atoms with Gasteiger partial charge in [-0.2, -0.15) is 13.2 Å². The van der Waals surface area contributed by atoms with Crippen molar-refractivity contribution in [3.05, 3.63) is 35.4 Å². The molecule has 1 N–H and O–H groups in total. The lowest BCUT2D eigenvalue weighted by Crippen LogP contribution is -2.56. The fourth-order valence-corrected chi connectivity index (χ4v) is 2.49. The van der Waals surface area contributed by atoms with Crippen LogP contribution in [-0.2, 0) is 12.7 Å². The van der Waals surface area contributed by atoms with Crippen molar-refractivity contribution in [2.75, 3.05) is 19.6 Å². The predicted octanol–water partition coefficient (Wildman–Crippen LogP) is 2.89. The molecule has 2 nitrogen and oxygen atoms in total. The van der Waals surface area contributed by atoms with Crippen LogP contribution in [0.15, 0.2) is 24.3 Å². The van der Waals surface area contributed by atoms with E-state index in [0.29, 0.717) is 12.1 Å². The molecule has 1 aromatic rings. The SMILES string of the molecule is CC1(C)CN(Cc2cccc(C(F)(F)F)c2)CCN1. The molecule has 0 amide bonds. The largest absolute Gasteiger partial charge is 0.416 e. The van der Waals surface area contributed by atoms with Crippen LogP contribution < -0.4 is 5.32 Å². The Labute approximate surface area is 111 Å². The molecule has 0 unspecified atom stereocenters. The molecular formula is C14H19F3N2. The van der Waals surface area contributed by atoms with Crippen molar-refractivity contribution < 1.29 is 13.2 Å². The average Bonchev–Trinajstić information content (AvgIpc) is 2.26. The number of nitrogens with zero attached hydrogens (tertiary/aromatic N) is 1. The third-order valence-electron chi connectivity index (χ3n) is 3.31. The van der Waals surface area contributed by atoms with Gasteiger partial charge in [-0.05, 0) is 25.5 Å². The van der Waals surface area contributed by atoms with Crippen molar-refractivity contribution in [2.24, 2.45) is 0 Å². The van der Waals surface area contributed by atoms with Crippen molar-refractivity contribution in [1.82, 2.24) is 10.2 Å². The highest BCUT2D eigenvalue weighted by Gasteiger charge is 2.31. The van der Waals surface area contributed by atoms with E-state index in [1.807, 2.05) is 0 Å². The van der Waals surface area contributed by atoms with E-state index in [0.717, 1.165) is 25.7 Å². The van der Waals surface area contributed by atoms with Crippen molar-refractivity contribution in [3.8, 4) is 0 Å². The quantitative estimate of drug-likeness (QED) is 0.890. The average molecular weight is 272 g/mol. The topological polar surface area (TPSA) is 15.3 Å². The van der Waals surface area contributed by atoms with Crippen LogP contribution in [0.25, 0.3) is 0 Å². The number of benzene rings is 1. The second kappa shape index (κ2) is 5.13. The zero-order chi connectivity index (χ0) is 14.1. The second-order valence-corrected chi connectivity index (χ2v) is 5.72. The van der Waals surface area contributed by atoms with E-state index in [1.54, 1.807) is 6.07 Å². The van der Waals surface area contributed by atoms with E-state index < -0.39 is 11.7 Å². The van der Waals surface area contributed by atoms with Crippen molar-refractivity contribution >= 4 is 0 Å². The summed E-state index contributed by atoms with van der Waals surface area (Å²) in [5.74, 6) is 0. The Morgan fingerprint density at radius 3 is 2.68 bits per heavy atom. The molecule has 19 heavy (non-hydrogen) atoms. The third kappa shape index (κ3) is 3.94. The fourth-order valence-electron chi connectivity index (χ4n) is 2.49. The molecule has 0 atom stereocenters. The maximum absolute atomic E-state index is 12.6. The van der Waals surface area contributed by atoms with Crippen LogP contribution in [0.1, 0.15) is 25.0 Å². The monoisotopic (exact) mass is 272 g/mol. The molecule has 0 aromatic heterocycles. The summed E-state index contributed by atoms with van der Waals surface area (Å²) in [5.41, 5.74) is 0.159. The molecule has 0 radical (unpaired) electrons. The molecule has 5 heteroatoms. The summed E-state index contributed by atoms with van der Waals surface area (Å²) in [4.78, 5) is 2.19. The van der Waals surface area contributed by atoms with Crippen molar-refractivity contribution in [3.63, 3.8) is 0 Å². The van der Waals surface area contributed by atoms with Gasteiger partial charge in [-0.1, -0.05) is 18.2 Å². The maximum Gasteiger partial charge on any atom is 0.416 e. The third-order valence-corrected chi connectivity index (χ3v) is 3.31. The first-order chi connectivity index (χ1) is 8.76. The Balaban J connectivity index is 2.07. The summed E-state index contributed by atoms with van der Waals surface area (Å²) < 4.78 is 37.9. The number of nitrogens with one attached hydrogen (secondary N) is 1. The van der Waals surface area contributed by atoms with Crippen LogP contribution >= 0.6 is 0 Å². The van der Waals surface area contributed by atoms with Crippen molar-refractivity contribution in [2.45, 2.75) is 32.1 Å². The zero-order valence-electron chi connectivity index (χ0n) is 11.2. The van der Waals surface area contributed by atoms with Gasteiger partial charge in [-0.25, -0.2) is 0 Å². The minimum atomic E-state index is -4.27. The van der Waals surface area contributed by atoms with Gasteiger partial charge in [-0.15, -0.1) is 0 Å². The van der Waals surface area contributed by atoms with Crippen LogP contribution in [0.4, 0.5) is 13.2 Å². The second-order valence-electron chi connectivity index (χ2n) is 5.72. The van der Waals surface area contributed by atoms with E-state index in [-0.39, 0.29) is 5.54 Å². The highest BCUT2D eigenvalue weighted by molar-refractivity contribution is 5.25. The molecule has 0 bridgehead atoms. The first-order valence-corrected chi connectivity index (χ1v) is 6.40. The molecule has 106 valence electrons. The number of hydrogen-bond donors (Lipinski definition) is 1. The van der Waals surface area contributed by atoms with Crippen LogP contribution in [0.2, 0.25) is 0 Å². The van der Waals surface area contributed by atoms with E-state index in [1.165, 1.54) is 12.1 Å². The standard InChI is InChI=1S/C14H19F3N2/c1-13(2)10-19(7-6-18-13)9-11-4-3-5-12(8-11)14(15,16)17/h3-5,8,18H,6-7,9-10H2,1-2H3. The van der Waals surface area contributed by atoms with Crippen LogP contribution in [-0.4, -0.2) is 30.1 Å². The van der Waals surface area contributed by atoms with Crippen molar-refractivity contribution in [1.29, 1.82) is 0 Å². The molecule has 1 heterocycles. The van der Waals surface area contributed by atoms with E-state index >= 15 is 0 Å². The molecule has 1 fully saturated rings. The molecule has 0 aliphatic carbocycles. The lowest BCUT2D eigenvalue weighted by Gasteiger charge is -2.39. The van der Waals surface area contributed by atoms with Gasteiger partial charge in [0.15, 0.2) is 0 Å². The van der Waals surface area contributed by atoms with Gasteiger partial charge in [0, 0.05) is 31.7 Å². The van der Waals surface area contributed by atoms with E-state index in [2.05, 4.69) is 24.1 Å².